The van der Waals surface area contributed by atoms with E-state index in [1.165, 1.54) is 0 Å². The summed E-state index contributed by atoms with van der Waals surface area (Å²) in [6.45, 7) is -0.708. The molecule has 0 aliphatic heterocycles. The van der Waals surface area contributed by atoms with E-state index in [-0.39, 0.29) is 0 Å². The molecule has 0 amide bonds. The van der Waals surface area contributed by atoms with Gasteiger partial charge in [0.1, 0.15) is 6.67 Å². The standard InChI is InChI=1S/C5H8F4O/c1-2-4(10,3-6)5(7,8)9/h10H,2-3H2,1H3. The third-order valence-corrected chi connectivity index (χ3v) is 1.33. The molecule has 62 valence electrons. The largest absolute Gasteiger partial charge is 0.419 e. The van der Waals surface area contributed by atoms with Gasteiger partial charge in [0.15, 0.2) is 5.60 Å². The molecule has 5 heteroatoms. The van der Waals surface area contributed by atoms with Gasteiger partial charge >= 0.3 is 6.18 Å². The fourth-order valence-electron chi connectivity index (χ4n) is 0.371. The third-order valence-electron chi connectivity index (χ3n) is 1.33. The van der Waals surface area contributed by atoms with Crippen molar-refractivity contribution >= 4 is 0 Å². The van der Waals surface area contributed by atoms with E-state index in [2.05, 4.69) is 0 Å². The van der Waals surface area contributed by atoms with Crippen LogP contribution in [0.2, 0.25) is 0 Å². The van der Waals surface area contributed by atoms with Gasteiger partial charge in [0, 0.05) is 0 Å². The van der Waals surface area contributed by atoms with E-state index in [1.807, 2.05) is 0 Å². The Hall–Kier alpha value is -0.320. The SMILES string of the molecule is CCC(O)(CF)C(F)(F)F. The average Bonchev–Trinajstić information content (AvgIpc) is 1.84. The molecule has 0 heterocycles. The van der Waals surface area contributed by atoms with Crippen molar-refractivity contribution in [2.24, 2.45) is 0 Å². The smallest absolute Gasteiger partial charge is 0.378 e. The van der Waals surface area contributed by atoms with Crippen molar-refractivity contribution in [2.45, 2.75) is 25.1 Å². The first kappa shape index (κ1) is 9.68. The predicted molar refractivity (Wildman–Crippen MR) is 27.3 cm³/mol. The maximum atomic E-state index is 11.6. The van der Waals surface area contributed by atoms with E-state index in [4.69, 9.17) is 5.11 Å². The Labute approximate surface area is 55.7 Å². The Morgan fingerprint density at radius 1 is 1.30 bits per heavy atom. The summed E-state index contributed by atoms with van der Waals surface area (Å²) >= 11 is 0. The minimum Gasteiger partial charge on any atom is -0.378 e. The second kappa shape index (κ2) is 2.74. The first-order valence-corrected chi connectivity index (χ1v) is 2.72. The first-order chi connectivity index (χ1) is 4.37. The van der Waals surface area contributed by atoms with Crippen LogP contribution in [0.25, 0.3) is 0 Å². The zero-order valence-corrected chi connectivity index (χ0v) is 5.37. The molecule has 1 unspecified atom stereocenters. The minimum atomic E-state index is -4.86. The lowest BCUT2D eigenvalue weighted by atomic mass is 10.0. The molecule has 0 aromatic rings. The highest BCUT2D eigenvalue weighted by Gasteiger charge is 2.52. The van der Waals surface area contributed by atoms with Crippen molar-refractivity contribution in [3.8, 4) is 0 Å². The quantitative estimate of drug-likeness (QED) is 0.609. The second-order valence-electron chi connectivity index (χ2n) is 2.02. The molecule has 0 saturated carbocycles. The third kappa shape index (κ3) is 1.59. The van der Waals surface area contributed by atoms with Crippen LogP contribution in [0.5, 0.6) is 0 Å². The molecular formula is C5H8F4O. The van der Waals surface area contributed by atoms with Gasteiger partial charge in [-0.15, -0.1) is 0 Å². The van der Waals surface area contributed by atoms with Crippen molar-refractivity contribution < 1.29 is 22.7 Å². The van der Waals surface area contributed by atoms with E-state index in [0.717, 1.165) is 6.92 Å². The topological polar surface area (TPSA) is 20.2 Å². The maximum absolute atomic E-state index is 11.6. The molecule has 0 spiro atoms. The first-order valence-electron chi connectivity index (χ1n) is 2.72. The highest BCUT2D eigenvalue weighted by molar-refractivity contribution is 4.84. The number of rotatable bonds is 2. The van der Waals surface area contributed by atoms with Crippen LogP contribution in [0.1, 0.15) is 13.3 Å². The zero-order chi connectivity index (χ0) is 8.41. The Balaban J connectivity index is 4.33. The Morgan fingerprint density at radius 2 is 1.70 bits per heavy atom. The molecule has 0 fully saturated rings. The summed E-state index contributed by atoms with van der Waals surface area (Å²) in [6, 6.07) is 0. The number of alkyl halides is 4. The van der Waals surface area contributed by atoms with Crippen molar-refractivity contribution in [1.29, 1.82) is 0 Å². The highest BCUT2D eigenvalue weighted by atomic mass is 19.4. The van der Waals surface area contributed by atoms with Crippen molar-refractivity contribution in [1.82, 2.24) is 0 Å². The Morgan fingerprint density at radius 3 is 1.70 bits per heavy atom. The molecule has 0 bridgehead atoms. The van der Waals surface area contributed by atoms with Crippen molar-refractivity contribution in [3.05, 3.63) is 0 Å². The van der Waals surface area contributed by atoms with Crippen LogP contribution in [0.3, 0.4) is 0 Å². The molecule has 0 rings (SSSR count). The van der Waals surface area contributed by atoms with E-state index in [0.29, 0.717) is 0 Å². The molecule has 1 atom stereocenters. The Kier molecular flexibility index (Phi) is 2.65. The van der Waals surface area contributed by atoms with Crippen molar-refractivity contribution in [2.75, 3.05) is 6.67 Å². The van der Waals surface area contributed by atoms with Crippen LogP contribution in [-0.2, 0) is 0 Å². The fourth-order valence-corrected chi connectivity index (χ4v) is 0.371. The molecule has 0 aliphatic rings. The van der Waals surface area contributed by atoms with Crippen LogP contribution >= 0.6 is 0 Å². The lowest BCUT2D eigenvalue weighted by molar-refractivity contribution is -0.265. The molecule has 1 nitrogen and oxygen atoms in total. The number of halogens is 4. The van der Waals surface area contributed by atoms with Crippen LogP contribution in [0.15, 0.2) is 0 Å². The lowest BCUT2D eigenvalue weighted by Gasteiger charge is -2.25. The van der Waals surface area contributed by atoms with Gasteiger partial charge in [0.05, 0.1) is 0 Å². The van der Waals surface area contributed by atoms with Gasteiger partial charge in [-0.05, 0) is 6.42 Å². The molecular weight excluding hydrogens is 152 g/mol. The maximum Gasteiger partial charge on any atom is 0.419 e. The molecule has 10 heavy (non-hydrogen) atoms. The van der Waals surface area contributed by atoms with Gasteiger partial charge in [-0.2, -0.15) is 13.2 Å². The van der Waals surface area contributed by atoms with E-state index in [9.17, 15) is 17.6 Å². The average molecular weight is 160 g/mol. The summed E-state index contributed by atoms with van der Waals surface area (Å²) in [6.07, 6.45) is -5.52. The second-order valence-corrected chi connectivity index (χ2v) is 2.02. The zero-order valence-electron chi connectivity index (χ0n) is 5.37. The summed E-state index contributed by atoms with van der Waals surface area (Å²) in [7, 11) is 0. The summed E-state index contributed by atoms with van der Waals surface area (Å²) < 4.78 is 46.4. The molecule has 0 aromatic carbocycles. The van der Waals surface area contributed by atoms with Crippen LogP contribution in [0.4, 0.5) is 17.6 Å². The van der Waals surface area contributed by atoms with Gasteiger partial charge in [-0.1, -0.05) is 6.92 Å². The summed E-state index contributed by atoms with van der Waals surface area (Å²) in [5.41, 5.74) is -3.15. The minimum absolute atomic E-state index is 0.660. The van der Waals surface area contributed by atoms with Gasteiger partial charge < -0.3 is 5.11 Å². The van der Waals surface area contributed by atoms with Gasteiger partial charge in [0.25, 0.3) is 0 Å². The van der Waals surface area contributed by atoms with Crippen LogP contribution in [-0.4, -0.2) is 23.6 Å². The fraction of sp³-hybridized carbons (Fsp3) is 1.00. The summed E-state index contributed by atoms with van der Waals surface area (Å²) in [5.74, 6) is 0. The van der Waals surface area contributed by atoms with E-state index in [1.54, 1.807) is 0 Å². The number of hydrogen-bond acceptors (Lipinski definition) is 1. The van der Waals surface area contributed by atoms with Crippen LogP contribution in [0, 0.1) is 0 Å². The molecule has 0 saturated heterocycles. The molecule has 0 aliphatic carbocycles. The summed E-state index contributed by atoms with van der Waals surface area (Å²) in [4.78, 5) is 0. The van der Waals surface area contributed by atoms with Gasteiger partial charge in [-0.25, -0.2) is 4.39 Å². The van der Waals surface area contributed by atoms with Crippen LogP contribution < -0.4 is 0 Å². The van der Waals surface area contributed by atoms with Gasteiger partial charge in [0.2, 0.25) is 0 Å². The number of hydrogen-bond donors (Lipinski definition) is 1. The van der Waals surface area contributed by atoms with E-state index < -0.39 is 24.9 Å². The van der Waals surface area contributed by atoms with E-state index >= 15 is 0 Å². The lowest BCUT2D eigenvalue weighted by Crippen LogP contribution is -2.46. The summed E-state index contributed by atoms with van der Waals surface area (Å²) in [5, 5.41) is 8.47. The Bertz CT molecular complexity index is 105. The predicted octanol–water partition coefficient (Wildman–Crippen LogP) is 1.66. The molecule has 0 aromatic heterocycles. The molecule has 0 radical (unpaired) electrons. The monoisotopic (exact) mass is 160 g/mol. The van der Waals surface area contributed by atoms with Gasteiger partial charge in [-0.3, -0.25) is 0 Å². The number of aliphatic hydroxyl groups is 1. The normalized spacial score (nSPS) is 18.6. The highest BCUT2D eigenvalue weighted by Crippen LogP contribution is 2.32. The molecule has 1 N–H and O–H groups in total. The van der Waals surface area contributed by atoms with Crippen molar-refractivity contribution in [3.63, 3.8) is 0 Å².